The molecule has 2 atom stereocenters. The van der Waals surface area contributed by atoms with Crippen molar-refractivity contribution in [3.05, 3.63) is 35.4 Å². The van der Waals surface area contributed by atoms with Gasteiger partial charge in [0.1, 0.15) is 17.7 Å². The van der Waals surface area contributed by atoms with E-state index in [1.807, 2.05) is 4.90 Å². The molecule has 0 radical (unpaired) electrons. The van der Waals surface area contributed by atoms with Gasteiger partial charge in [-0.2, -0.15) is 0 Å². The van der Waals surface area contributed by atoms with E-state index in [2.05, 4.69) is 10.6 Å². The first kappa shape index (κ1) is 17.3. The molecular formula is C17H23F2N3O2. The van der Waals surface area contributed by atoms with Crippen LogP contribution in [0.25, 0.3) is 0 Å². The zero-order valence-electron chi connectivity index (χ0n) is 13.6. The molecule has 0 bridgehead atoms. The fraction of sp³-hybridized carbons (Fsp3) is 0.588. The first-order valence-electron chi connectivity index (χ1n) is 8.41. The molecule has 5 nitrogen and oxygen atoms in total. The van der Waals surface area contributed by atoms with E-state index in [-0.39, 0.29) is 24.1 Å². The lowest BCUT2D eigenvalue weighted by Gasteiger charge is -2.34. The van der Waals surface area contributed by atoms with E-state index in [0.29, 0.717) is 19.7 Å². The quantitative estimate of drug-likeness (QED) is 0.861. The maximum Gasteiger partial charge on any atom is 0.250 e. The van der Waals surface area contributed by atoms with Crippen molar-refractivity contribution in [2.75, 3.05) is 32.8 Å². The smallest absolute Gasteiger partial charge is 0.250 e. The number of carbonyl (C=O) groups excluding carboxylic acids is 1. The second kappa shape index (κ2) is 8.00. The molecule has 0 spiro atoms. The predicted octanol–water partition coefficient (Wildman–Crippen LogP) is 1.03. The van der Waals surface area contributed by atoms with Gasteiger partial charge in [0.2, 0.25) is 0 Å². The first-order chi connectivity index (χ1) is 11.6. The molecule has 0 aromatic heterocycles. The Labute approximate surface area is 140 Å². The average molecular weight is 339 g/mol. The van der Waals surface area contributed by atoms with E-state index in [9.17, 15) is 13.6 Å². The van der Waals surface area contributed by atoms with Crippen molar-refractivity contribution in [3.8, 4) is 0 Å². The molecule has 3 rings (SSSR count). The van der Waals surface area contributed by atoms with Crippen LogP contribution in [0.15, 0.2) is 18.2 Å². The molecule has 1 aromatic carbocycles. The fourth-order valence-electron chi connectivity index (χ4n) is 3.25. The van der Waals surface area contributed by atoms with Crippen LogP contribution in [0, 0.1) is 11.6 Å². The number of morpholine rings is 1. The Bertz CT molecular complexity index is 559. The molecule has 1 aromatic rings. The molecule has 2 unspecified atom stereocenters. The number of ether oxygens (including phenoxy) is 1. The van der Waals surface area contributed by atoms with Crippen molar-refractivity contribution in [2.24, 2.45) is 0 Å². The number of likely N-dealkylation sites (tertiary alicyclic amines) is 1. The van der Waals surface area contributed by atoms with Crippen molar-refractivity contribution < 1.29 is 18.3 Å². The lowest BCUT2D eigenvalue weighted by molar-refractivity contribution is -0.135. The number of carbonyl (C=O) groups is 1. The van der Waals surface area contributed by atoms with E-state index in [1.165, 1.54) is 18.2 Å². The van der Waals surface area contributed by atoms with Crippen LogP contribution in [0.1, 0.15) is 18.4 Å². The van der Waals surface area contributed by atoms with Crippen LogP contribution in [0.2, 0.25) is 0 Å². The minimum Gasteiger partial charge on any atom is -0.366 e. The van der Waals surface area contributed by atoms with Crippen LogP contribution in [-0.2, 0) is 16.1 Å². The monoisotopic (exact) mass is 339 g/mol. The van der Waals surface area contributed by atoms with Crippen LogP contribution >= 0.6 is 0 Å². The lowest BCUT2D eigenvalue weighted by Crippen LogP contribution is -2.53. The summed E-state index contributed by atoms with van der Waals surface area (Å²) in [5.74, 6) is -1.17. The molecular weight excluding hydrogens is 316 g/mol. The molecule has 2 aliphatic heterocycles. The normalized spacial score (nSPS) is 25.4. The van der Waals surface area contributed by atoms with Gasteiger partial charge in [-0.15, -0.1) is 0 Å². The average Bonchev–Trinajstić information content (AvgIpc) is 2.59. The molecule has 2 N–H and O–H groups in total. The van der Waals surface area contributed by atoms with Crippen molar-refractivity contribution in [3.63, 3.8) is 0 Å². The highest BCUT2D eigenvalue weighted by atomic mass is 19.1. The molecule has 132 valence electrons. The molecule has 2 saturated heterocycles. The summed E-state index contributed by atoms with van der Waals surface area (Å²) in [6.07, 6.45) is 1.28. The summed E-state index contributed by atoms with van der Waals surface area (Å²) in [7, 11) is 0. The number of piperidine rings is 1. The number of hydrogen-bond donors (Lipinski definition) is 2. The van der Waals surface area contributed by atoms with Gasteiger partial charge in [0.25, 0.3) is 5.91 Å². The molecule has 2 heterocycles. The maximum atomic E-state index is 13.8. The number of hydrogen-bond acceptors (Lipinski definition) is 4. The molecule has 0 saturated carbocycles. The topological polar surface area (TPSA) is 53.6 Å². The van der Waals surface area contributed by atoms with Gasteiger partial charge in [-0.05, 0) is 31.5 Å². The number of nitrogens with one attached hydrogen (secondary N) is 2. The lowest BCUT2D eigenvalue weighted by atomic mass is 10.0. The van der Waals surface area contributed by atoms with Crippen molar-refractivity contribution >= 4 is 5.91 Å². The maximum absolute atomic E-state index is 13.8. The minimum atomic E-state index is -0.525. The standard InChI is InChI=1S/C17H23F2N3O2/c18-14-4-1-5-15(19)13(14)11-22-7-2-3-12(10-22)21-17(23)16-9-20-6-8-24-16/h1,4-5,12,16,20H,2-3,6-11H2,(H,21,23). The molecule has 2 aliphatic rings. The van der Waals surface area contributed by atoms with Crippen molar-refractivity contribution in [2.45, 2.75) is 31.5 Å². The largest absolute Gasteiger partial charge is 0.366 e. The van der Waals surface area contributed by atoms with Gasteiger partial charge >= 0.3 is 0 Å². The van der Waals surface area contributed by atoms with Gasteiger partial charge in [-0.3, -0.25) is 9.69 Å². The molecule has 24 heavy (non-hydrogen) atoms. The number of benzene rings is 1. The molecule has 0 aliphatic carbocycles. The Kier molecular flexibility index (Phi) is 5.76. The highest BCUT2D eigenvalue weighted by Crippen LogP contribution is 2.18. The van der Waals surface area contributed by atoms with Crippen LogP contribution in [0.3, 0.4) is 0 Å². The van der Waals surface area contributed by atoms with E-state index >= 15 is 0 Å². The van der Waals surface area contributed by atoms with Gasteiger partial charge < -0.3 is 15.4 Å². The summed E-state index contributed by atoms with van der Waals surface area (Å²) >= 11 is 0. The summed E-state index contributed by atoms with van der Waals surface area (Å²) in [5.41, 5.74) is 0.0873. The summed E-state index contributed by atoms with van der Waals surface area (Å²) in [6.45, 7) is 3.37. The van der Waals surface area contributed by atoms with Gasteiger partial charge in [0.15, 0.2) is 0 Å². The second-order valence-corrected chi connectivity index (χ2v) is 6.35. The number of halogens is 2. The van der Waals surface area contributed by atoms with Crippen molar-refractivity contribution in [1.29, 1.82) is 0 Å². The number of rotatable bonds is 4. The summed E-state index contributed by atoms with van der Waals surface area (Å²) < 4.78 is 33.0. The van der Waals surface area contributed by atoms with Crippen molar-refractivity contribution in [1.82, 2.24) is 15.5 Å². The Morgan fingerprint density at radius 3 is 2.88 bits per heavy atom. The molecule has 2 fully saturated rings. The van der Waals surface area contributed by atoms with Gasteiger partial charge in [0, 0.05) is 37.8 Å². The van der Waals surface area contributed by atoms with E-state index in [1.54, 1.807) is 0 Å². The zero-order valence-corrected chi connectivity index (χ0v) is 13.6. The number of nitrogens with zero attached hydrogens (tertiary/aromatic N) is 1. The second-order valence-electron chi connectivity index (χ2n) is 6.35. The highest BCUT2D eigenvalue weighted by Gasteiger charge is 2.27. The molecule has 1 amide bonds. The Morgan fingerprint density at radius 1 is 1.38 bits per heavy atom. The van der Waals surface area contributed by atoms with E-state index in [4.69, 9.17) is 4.74 Å². The SMILES string of the molecule is O=C(NC1CCCN(Cc2c(F)cccc2F)C1)C1CNCCO1. The summed E-state index contributed by atoms with van der Waals surface area (Å²) in [4.78, 5) is 14.2. The Balaban J connectivity index is 1.55. The third-order valence-corrected chi connectivity index (χ3v) is 4.52. The number of amides is 1. The van der Waals surface area contributed by atoms with Crippen LogP contribution < -0.4 is 10.6 Å². The zero-order chi connectivity index (χ0) is 16.9. The van der Waals surface area contributed by atoms with E-state index in [0.717, 1.165) is 25.9 Å². The third kappa shape index (κ3) is 4.28. The van der Waals surface area contributed by atoms with Crippen LogP contribution in [-0.4, -0.2) is 55.7 Å². The van der Waals surface area contributed by atoms with E-state index < -0.39 is 17.7 Å². The van der Waals surface area contributed by atoms with Gasteiger partial charge in [0.05, 0.1) is 6.61 Å². The third-order valence-electron chi connectivity index (χ3n) is 4.52. The Hall–Kier alpha value is -1.57. The van der Waals surface area contributed by atoms with Gasteiger partial charge in [-0.1, -0.05) is 6.07 Å². The summed E-state index contributed by atoms with van der Waals surface area (Å²) in [5, 5.41) is 6.13. The fourth-order valence-corrected chi connectivity index (χ4v) is 3.25. The minimum absolute atomic E-state index is 0.0217. The highest BCUT2D eigenvalue weighted by molar-refractivity contribution is 5.81. The van der Waals surface area contributed by atoms with Crippen LogP contribution in [0.4, 0.5) is 8.78 Å². The first-order valence-corrected chi connectivity index (χ1v) is 8.41. The Morgan fingerprint density at radius 2 is 2.17 bits per heavy atom. The summed E-state index contributed by atoms with van der Waals surface area (Å²) in [6, 6.07) is 3.89. The van der Waals surface area contributed by atoms with Gasteiger partial charge in [-0.25, -0.2) is 8.78 Å². The molecule has 7 heteroatoms. The van der Waals surface area contributed by atoms with Crippen LogP contribution in [0.5, 0.6) is 0 Å². The predicted molar refractivity (Wildman–Crippen MR) is 85.4 cm³/mol.